The van der Waals surface area contributed by atoms with Crippen molar-refractivity contribution in [2.24, 2.45) is 0 Å². The average molecular weight is 736 g/mol. The molecule has 0 bridgehead atoms. The van der Waals surface area contributed by atoms with Crippen LogP contribution in [0.3, 0.4) is 0 Å². The van der Waals surface area contributed by atoms with Gasteiger partial charge in [0.25, 0.3) is 11.8 Å². The fourth-order valence-electron chi connectivity index (χ4n) is 5.22. The molecule has 4 aromatic rings. The number of carbonyl (C=O) groups excluding carboxylic acids is 6. The highest BCUT2D eigenvalue weighted by Crippen LogP contribution is 2.30. The van der Waals surface area contributed by atoms with Gasteiger partial charge in [-0.05, 0) is 109 Å². The number of unbranched alkanes of at least 4 members (excludes halogenated alkanes) is 3. The van der Waals surface area contributed by atoms with E-state index in [2.05, 4.69) is 4.74 Å². The number of ether oxygens (including phenoxy) is 6. The Morgan fingerprint density at radius 2 is 1.30 bits per heavy atom. The predicted molar refractivity (Wildman–Crippen MR) is 195 cm³/mol. The Morgan fingerprint density at radius 3 is 2.02 bits per heavy atom. The van der Waals surface area contributed by atoms with Gasteiger partial charge in [0.15, 0.2) is 11.5 Å². The summed E-state index contributed by atoms with van der Waals surface area (Å²) in [6, 6.07) is 21.5. The molecule has 0 fully saturated rings. The number of rotatable bonds is 17. The second kappa shape index (κ2) is 18.6. The van der Waals surface area contributed by atoms with E-state index in [4.69, 9.17) is 23.7 Å². The fourth-order valence-corrected chi connectivity index (χ4v) is 5.22. The van der Waals surface area contributed by atoms with Gasteiger partial charge in [-0.15, -0.1) is 0 Å². The van der Waals surface area contributed by atoms with Gasteiger partial charge in [-0.25, -0.2) is 14.4 Å². The Balaban J connectivity index is 1.03. The summed E-state index contributed by atoms with van der Waals surface area (Å²) in [7, 11) is 2.71. The molecule has 0 aliphatic carbocycles. The van der Waals surface area contributed by atoms with Crippen LogP contribution < -0.4 is 18.9 Å². The Bertz CT molecular complexity index is 2080. The largest absolute Gasteiger partial charge is 0.494 e. The molecule has 5 rings (SSSR count). The third-order valence-electron chi connectivity index (χ3n) is 8.11. The van der Waals surface area contributed by atoms with Crippen LogP contribution in [-0.2, 0) is 28.7 Å². The van der Waals surface area contributed by atoms with Gasteiger partial charge in [-0.3, -0.25) is 19.3 Å². The number of methoxy groups -OCH3 is 2. The lowest BCUT2D eigenvalue weighted by atomic mass is 10.1. The Labute approximate surface area is 310 Å². The number of amides is 2. The van der Waals surface area contributed by atoms with Crippen LogP contribution in [0.5, 0.6) is 23.0 Å². The van der Waals surface area contributed by atoms with Gasteiger partial charge >= 0.3 is 23.9 Å². The van der Waals surface area contributed by atoms with Crippen LogP contribution in [0.15, 0.2) is 97.1 Å². The molecule has 0 spiro atoms. The number of hydrogen-bond acceptors (Lipinski definition) is 12. The first-order chi connectivity index (χ1) is 26.1. The first-order valence-electron chi connectivity index (χ1n) is 17.0. The average Bonchev–Trinajstić information content (AvgIpc) is 3.50. The lowest BCUT2D eigenvalue weighted by molar-refractivity contribution is -0.151. The van der Waals surface area contributed by atoms with Crippen molar-refractivity contribution in [1.82, 2.24) is 4.90 Å². The summed E-state index contributed by atoms with van der Waals surface area (Å²) in [5.74, 6) is -1.98. The maximum absolute atomic E-state index is 12.9. The zero-order valence-electron chi connectivity index (χ0n) is 29.6. The lowest BCUT2D eigenvalue weighted by Gasteiger charge is -2.12. The van der Waals surface area contributed by atoms with Gasteiger partial charge in [-0.1, -0.05) is 18.2 Å². The predicted octanol–water partition coefficient (Wildman–Crippen LogP) is 5.88. The van der Waals surface area contributed by atoms with Crippen LogP contribution in [0, 0.1) is 0 Å². The molecule has 13 nitrogen and oxygen atoms in total. The van der Waals surface area contributed by atoms with Crippen LogP contribution in [0.2, 0.25) is 0 Å². The third-order valence-corrected chi connectivity index (χ3v) is 8.11. The van der Waals surface area contributed by atoms with Crippen LogP contribution in [0.1, 0.15) is 52.0 Å². The Morgan fingerprint density at radius 1 is 0.648 bits per heavy atom. The highest BCUT2D eigenvalue weighted by atomic mass is 16.6. The van der Waals surface area contributed by atoms with Gasteiger partial charge < -0.3 is 28.4 Å². The second-order valence-electron chi connectivity index (χ2n) is 11.9. The van der Waals surface area contributed by atoms with Crippen LogP contribution in [-0.4, -0.2) is 74.6 Å². The quantitative estimate of drug-likeness (QED) is 0.0417. The van der Waals surface area contributed by atoms with Gasteiger partial charge in [0.2, 0.25) is 0 Å². The van der Waals surface area contributed by atoms with E-state index in [-0.39, 0.29) is 36.0 Å². The second-order valence-corrected chi connectivity index (χ2v) is 11.9. The van der Waals surface area contributed by atoms with Crippen molar-refractivity contribution >= 4 is 52.5 Å². The van der Waals surface area contributed by atoms with Gasteiger partial charge in [0.1, 0.15) is 18.0 Å². The molecular weight excluding hydrogens is 698 g/mol. The van der Waals surface area contributed by atoms with E-state index in [0.29, 0.717) is 29.9 Å². The minimum atomic E-state index is -0.648. The van der Waals surface area contributed by atoms with Crippen LogP contribution in [0.25, 0.3) is 16.8 Å². The number of fused-ring (bicyclic) bond motifs is 1. The molecular formula is C41H37NO12. The normalized spacial score (nSPS) is 12.2. The molecule has 0 N–H and O–H groups in total. The molecule has 278 valence electrons. The number of hydrogen-bond donors (Lipinski definition) is 0. The summed E-state index contributed by atoms with van der Waals surface area (Å²) in [6.45, 7) is 0.321. The van der Waals surface area contributed by atoms with Crippen molar-refractivity contribution < 1.29 is 57.2 Å². The summed E-state index contributed by atoms with van der Waals surface area (Å²) in [5, 5.41) is 1.70. The van der Waals surface area contributed by atoms with E-state index in [1.807, 2.05) is 24.3 Å². The number of benzene rings is 4. The molecule has 0 unspecified atom stereocenters. The summed E-state index contributed by atoms with van der Waals surface area (Å²) >= 11 is 0. The highest BCUT2D eigenvalue weighted by Gasteiger charge is 2.26. The first-order valence-corrected chi connectivity index (χ1v) is 17.0. The minimum Gasteiger partial charge on any atom is -0.494 e. The van der Waals surface area contributed by atoms with E-state index >= 15 is 0 Å². The number of esters is 4. The van der Waals surface area contributed by atoms with Crippen LogP contribution in [0.4, 0.5) is 0 Å². The number of carbonyl (C=O) groups is 6. The smallest absolute Gasteiger partial charge is 0.343 e. The summed E-state index contributed by atoms with van der Waals surface area (Å²) < 4.78 is 32.0. The lowest BCUT2D eigenvalue weighted by Crippen LogP contribution is -2.35. The van der Waals surface area contributed by atoms with E-state index in [9.17, 15) is 28.8 Å². The van der Waals surface area contributed by atoms with Gasteiger partial charge in [-0.2, -0.15) is 0 Å². The molecule has 0 atom stereocenters. The van der Waals surface area contributed by atoms with Crippen molar-refractivity contribution in [1.29, 1.82) is 0 Å². The molecule has 1 aliphatic heterocycles. The number of imide groups is 1. The SMILES string of the molecule is COC(=O)/C=C/c1ccc(OC(=O)c2ccc(OC(=O)c3ccc4cc(OCCCCCCOC(=O)CN5C(=O)C=CC5=O)ccc4c3)cc2)c(OC)c1. The maximum atomic E-state index is 12.9. The zero-order chi connectivity index (χ0) is 38.5. The molecule has 1 aliphatic rings. The van der Waals surface area contributed by atoms with Crippen molar-refractivity contribution in [2.75, 3.05) is 34.0 Å². The standard InChI is InChI=1S/C41H37NO12/c1-49-35-23-27(8-20-38(45)50-2)7-17-34(35)54-40(47)28-11-14-32(15-12-28)53-41(48)31-10-9-30-25-33(16-13-29(30)24-31)51-21-5-3-4-6-22-52-39(46)26-42-36(43)18-19-37(42)44/h7-20,23-25H,3-6,21-22,26H2,1-2H3/b20-8+. The molecule has 54 heavy (non-hydrogen) atoms. The molecule has 0 saturated heterocycles. The maximum Gasteiger partial charge on any atom is 0.343 e. The van der Waals surface area contributed by atoms with Crippen molar-refractivity contribution in [2.45, 2.75) is 25.7 Å². The molecule has 4 aromatic carbocycles. The summed E-state index contributed by atoms with van der Waals surface area (Å²) in [4.78, 5) is 72.9. The monoisotopic (exact) mass is 735 g/mol. The van der Waals surface area contributed by atoms with E-state index in [1.54, 1.807) is 36.4 Å². The highest BCUT2D eigenvalue weighted by molar-refractivity contribution is 6.14. The van der Waals surface area contributed by atoms with Crippen LogP contribution >= 0.6 is 0 Å². The first kappa shape index (κ1) is 38.5. The summed E-state index contributed by atoms with van der Waals surface area (Å²) in [5.41, 5.74) is 1.21. The number of nitrogens with zero attached hydrogens (tertiary/aromatic N) is 1. The van der Waals surface area contributed by atoms with E-state index < -0.39 is 35.7 Å². The molecule has 1 heterocycles. The fraction of sp³-hybridized carbons (Fsp3) is 0.220. The van der Waals surface area contributed by atoms with Gasteiger partial charge in [0, 0.05) is 18.2 Å². The molecule has 13 heteroatoms. The van der Waals surface area contributed by atoms with E-state index in [0.717, 1.165) is 47.1 Å². The zero-order valence-corrected chi connectivity index (χ0v) is 29.6. The van der Waals surface area contributed by atoms with Crippen molar-refractivity contribution in [3.05, 3.63) is 114 Å². The summed E-state index contributed by atoms with van der Waals surface area (Å²) in [6.07, 6.45) is 8.17. The topological polar surface area (TPSA) is 161 Å². The third kappa shape index (κ3) is 10.6. The molecule has 2 amide bonds. The van der Waals surface area contributed by atoms with Gasteiger partial charge in [0.05, 0.1) is 38.6 Å². The Kier molecular flexibility index (Phi) is 13.3. The molecule has 0 radical (unpaired) electrons. The molecule has 0 aromatic heterocycles. The minimum absolute atomic E-state index is 0.183. The van der Waals surface area contributed by atoms with E-state index in [1.165, 1.54) is 44.6 Å². The van der Waals surface area contributed by atoms with Crippen molar-refractivity contribution in [3.63, 3.8) is 0 Å². The Hall–Kier alpha value is -6.76. The van der Waals surface area contributed by atoms with Crippen molar-refractivity contribution in [3.8, 4) is 23.0 Å². The molecule has 0 saturated carbocycles.